The molecule has 0 amide bonds. The van der Waals surface area contributed by atoms with Gasteiger partial charge in [-0.3, -0.25) is 0 Å². The molecule has 0 spiro atoms. The highest BCUT2D eigenvalue weighted by Crippen LogP contribution is 2.32. The Bertz CT molecular complexity index is 534. The smallest absolute Gasteiger partial charge is 0.0671 e. The predicted octanol–water partition coefficient (Wildman–Crippen LogP) is 4.29. The molecular weight excluding hydrogens is 238 g/mol. The van der Waals surface area contributed by atoms with E-state index in [2.05, 4.69) is 57.3 Å². The van der Waals surface area contributed by atoms with Gasteiger partial charge in [-0.2, -0.15) is 0 Å². The Kier molecular flexibility index (Phi) is 3.88. The van der Waals surface area contributed by atoms with Gasteiger partial charge >= 0.3 is 0 Å². The van der Waals surface area contributed by atoms with Crippen molar-refractivity contribution in [2.75, 3.05) is 7.05 Å². The van der Waals surface area contributed by atoms with E-state index in [1.165, 1.54) is 32.0 Å². The van der Waals surface area contributed by atoms with Crippen LogP contribution in [0.2, 0.25) is 0 Å². The summed E-state index contributed by atoms with van der Waals surface area (Å²) >= 11 is 1.89. The number of aryl methyl sites for hydroxylation is 4. The molecule has 0 aliphatic rings. The van der Waals surface area contributed by atoms with Crippen LogP contribution in [-0.4, -0.2) is 7.05 Å². The van der Waals surface area contributed by atoms with Gasteiger partial charge in [-0.15, -0.1) is 11.3 Å². The van der Waals surface area contributed by atoms with Crippen molar-refractivity contribution in [3.8, 4) is 0 Å². The normalized spacial score (nSPS) is 12.7. The summed E-state index contributed by atoms with van der Waals surface area (Å²) in [5, 5.41) is 3.45. The molecule has 1 heterocycles. The lowest BCUT2D eigenvalue weighted by Crippen LogP contribution is -2.17. The third-order valence-corrected chi connectivity index (χ3v) is 4.43. The van der Waals surface area contributed by atoms with Crippen LogP contribution in [0.15, 0.2) is 24.3 Å². The first kappa shape index (κ1) is 13.3. The minimum Gasteiger partial charge on any atom is -0.309 e. The van der Waals surface area contributed by atoms with Crippen LogP contribution in [0, 0.1) is 27.7 Å². The van der Waals surface area contributed by atoms with E-state index in [9.17, 15) is 0 Å². The van der Waals surface area contributed by atoms with Gasteiger partial charge < -0.3 is 5.32 Å². The van der Waals surface area contributed by atoms with Crippen molar-refractivity contribution in [2.24, 2.45) is 0 Å². The molecule has 0 fully saturated rings. The van der Waals surface area contributed by atoms with E-state index in [4.69, 9.17) is 0 Å². The largest absolute Gasteiger partial charge is 0.309 e. The van der Waals surface area contributed by atoms with Crippen molar-refractivity contribution in [1.29, 1.82) is 0 Å². The summed E-state index contributed by atoms with van der Waals surface area (Å²) in [6.45, 7) is 8.70. The molecule has 2 aromatic rings. The number of benzene rings is 1. The molecule has 0 radical (unpaired) electrons. The SMILES string of the molecule is CNC(c1cc(C)cc(C)c1)c1sc(C)cc1C. The number of nitrogens with one attached hydrogen (secondary N) is 1. The van der Waals surface area contributed by atoms with Gasteiger partial charge in [-0.05, 0) is 51.9 Å². The second kappa shape index (κ2) is 5.25. The van der Waals surface area contributed by atoms with Gasteiger partial charge in [0.15, 0.2) is 0 Å². The number of hydrogen-bond donors (Lipinski definition) is 1. The zero-order valence-corrected chi connectivity index (χ0v) is 12.6. The Morgan fingerprint density at radius 3 is 2.00 bits per heavy atom. The summed E-state index contributed by atoms with van der Waals surface area (Å²) in [4.78, 5) is 2.81. The van der Waals surface area contributed by atoms with E-state index >= 15 is 0 Å². The Morgan fingerprint density at radius 2 is 1.56 bits per heavy atom. The van der Waals surface area contributed by atoms with Gasteiger partial charge in [0.05, 0.1) is 6.04 Å². The highest BCUT2D eigenvalue weighted by molar-refractivity contribution is 7.12. The van der Waals surface area contributed by atoms with E-state index < -0.39 is 0 Å². The summed E-state index contributed by atoms with van der Waals surface area (Å²) in [6.07, 6.45) is 0. The highest BCUT2D eigenvalue weighted by Gasteiger charge is 2.17. The molecule has 1 atom stereocenters. The van der Waals surface area contributed by atoms with Crippen molar-refractivity contribution in [3.63, 3.8) is 0 Å². The summed E-state index contributed by atoms with van der Waals surface area (Å²) in [5.74, 6) is 0. The molecule has 0 bridgehead atoms. The molecule has 2 rings (SSSR count). The second-order valence-electron chi connectivity index (χ2n) is 5.05. The van der Waals surface area contributed by atoms with Crippen LogP contribution in [0.3, 0.4) is 0 Å². The standard InChI is InChI=1S/C16H21NS/c1-10-6-11(2)8-14(7-10)15(17-5)16-12(3)9-13(4)18-16/h6-9,15,17H,1-5H3. The quantitative estimate of drug-likeness (QED) is 0.867. The Balaban J connectivity index is 2.48. The summed E-state index contributed by atoms with van der Waals surface area (Å²) < 4.78 is 0. The lowest BCUT2D eigenvalue weighted by molar-refractivity contribution is 0.699. The van der Waals surface area contributed by atoms with Crippen LogP contribution in [0.4, 0.5) is 0 Å². The fourth-order valence-electron chi connectivity index (χ4n) is 2.57. The van der Waals surface area contributed by atoms with Crippen LogP contribution in [0.1, 0.15) is 38.0 Å². The van der Waals surface area contributed by atoms with Gasteiger partial charge in [0, 0.05) is 9.75 Å². The van der Waals surface area contributed by atoms with Crippen LogP contribution >= 0.6 is 11.3 Å². The summed E-state index contributed by atoms with van der Waals surface area (Å²) in [6, 6.07) is 9.36. The monoisotopic (exact) mass is 259 g/mol. The maximum Gasteiger partial charge on any atom is 0.0671 e. The Morgan fingerprint density at radius 1 is 0.944 bits per heavy atom. The molecule has 96 valence electrons. The fraction of sp³-hybridized carbons (Fsp3) is 0.375. The van der Waals surface area contributed by atoms with Crippen LogP contribution in [0.5, 0.6) is 0 Å². The number of thiophene rings is 1. The average Bonchev–Trinajstić information content (AvgIpc) is 2.58. The van der Waals surface area contributed by atoms with E-state index in [0.29, 0.717) is 6.04 Å². The van der Waals surface area contributed by atoms with Gasteiger partial charge in [-0.25, -0.2) is 0 Å². The molecule has 0 saturated carbocycles. The fourth-order valence-corrected chi connectivity index (χ4v) is 3.75. The zero-order valence-electron chi connectivity index (χ0n) is 11.8. The van der Waals surface area contributed by atoms with Crippen molar-refractivity contribution in [2.45, 2.75) is 33.7 Å². The molecule has 0 aliphatic carbocycles. The molecule has 1 unspecified atom stereocenters. The minimum absolute atomic E-state index is 0.308. The molecule has 0 aliphatic heterocycles. The molecule has 1 aromatic carbocycles. The first-order valence-electron chi connectivity index (χ1n) is 6.33. The van der Waals surface area contributed by atoms with Crippen molar-refractivity contribution in [1.82, 2.24) is 5.32 Å². The molecule has 1 nitrogen and oxygen atoms in total. The van der Waals surface area contributed by atoms with Crippen molar-refractivity contribution in [3.05, 3.63) is 56.3 Å². The summed E-state index contributed by atoms with van der Waals surface area (Å²) in [7, 11) is 2.04. The molecule has 1 N–H and O–H groups in total. The third-order valence-electron chi connectivity index (χ3n) is 3.21. The Hall–Kier alpha value is -1.12. The Labute approximate surface area is 114 Å². The average molecular weight is 259 g/mol. The van der Waals surface area contributed by atoms with Crippen LogP contribution < -0.4 is 5.32 Å². The topological polar surface area (TPSA) is 12.0 Å². The first-order chi connectivity index (χ1) is 8.51. The third kappa shape index (κ3) is 2.65. The molecule has 2 heteroatoms. The van der Waals surface area contributed by atoms with Crippen LogP contribution in [-0.2, 0) is 0 Å². The van der Waals surface area contributed by atoms with Crippen molar-refractivity contribution < 1.29 is 0 Å². The van der Waals surface area contributed by atoms with E-state index in [1.54, 1.807) is 0 Å². The van der Waals surface area contributed by atoms with E-state index in [-0.39, 0.29) is 0 Å². The van der Waals surface area contributed by atoms with E-state index in [0.717, 1.165) is 0 Å². The van der Waals surface area contributed by atoms with Gasteiger partial charge in [-0.1, -0.05) is 29.3 Å². The van der Waals surface area contributed by atoms with Gasteiger partial charge in [0.1, 0.15) is 0 Å². The van der Waals surface area contributed by atoms with E-state index in [1.807, 2.05) is 18.4 Å². The van der Waals surface area contributed by atoms with Gasteiger partial charge in [0.25, 0.3) is 0 Å². The first-order valence-corrected chi connectivity index (χ1v) is 7.15. The maximum absolute atomic E-state index is 3.45. The number of rotatable bonds is 3. The van der Waals surface area contributed by atoms with Crippen LogP contribution in [0.25, 0.3) is 0 Å². The highest BCUT2D eigenvalue weighted by atomic mass is 32.1. The minimum atomic E-state index is 0.308. The molecule has 1 aromatic heterocycles. The predicted molar refractivity (Wildman–Crippen MR) is 80.6 cm³/mol. The van der Waals surface area contributed by atoms with Crippen molar-refractivity contribution >= 4 is 11.3 Å². The maximum atomic E-state index is 3.45. The second-order valence-corrected chi connectivity index (χ2v) is 6.33. The lowest BCUT2D eigenvalue weighted by Gasteiger charge is -2.18. The molecular formula is C16H21NS. The van der Waals surface area contributed by atoms with Gasteiger partial charge in [0.2, 0.25) is 0 Å². The lowest BCUT2D eigenvalue weighted by atomic mass is 9.99. The molecule has 0 saturated heterocycles. The summed E-state index contributed by atoms with van der Waals surface area (Å²) in [5.41, 5.74) is 5.41. The molecule has 18 heavy (non-hydrogen) atoms. The zero-order chi connectivity index (χ0) is 13.3. The number of hydrogen-bond acceptors (Lipinski definition) is 2.